The molecule has 3 N–H and O–H groups in total. The van der Waals surface area contributed by atoms with Gasteiger partial charge in [-0.05, 0) is 12.8 Å². The number of nitrogens with one attached hydrogen (secondary N) is 1. The number of carbonyl (C=O) groups excluding carboxylic acids is 1. The molecule has 0 spiro atoms. The Hall–Kier alpha value is -2.55. The van der Waals surface area contributed by atoms with Crippen LogP contribution in [0.1, 0.15) is 36.0 Å². The maximum atomic E-state index is 12.2. The third-order valence-corrected chi connectivity index (χ3v) is 3.72. The second-order valence-electron chi connectivity index (χ2n) is 5.28. The highest BCUT2D eigenvalue weighted by atomic mass is 16.6. The summed E-state index contributed by atoms with van der Waals surface area (Å²) in [5, 5.41) is 24.4. The minimum absolute atomic E-state index is 0.112. The minimum Gasteiger partial charge on any atom is -0.348 e. The molecule has 1 aliphatic rings. The average Bonchev–Trinajstić information content (AvgIpc) is 2.49. The lowest BCUT2D eigenvalue weighted by molar-refractivity contribution is -0.394. The van der Waals surface area contributed by atoms with Crippen LogP contribution in [-0.2, 0) is 0 Å². The molecule has 1 fully saturated rings. The Labute approximate surface area is 125 Å². The summed E-state index contributed by atoms with van der Waals surface area (Å²) in [6.45, 7) is 0. The van der Waals surface area contributed by atoms with E-state index < -0.39 is 27.1 Å². The van der Waals surface area contributed by atoms with E-state index in [2.05, 4.69) is 5.32 Å². The molecule has 2 unspecified atom stereocenters. The molecule has 9 nitrogen and oxygen atoms in total. The largest absolute Gasteiger partial charge is 0.348 e. The predicted octanol–water partition coefficient (Wildman–Crippen LogP) is 1.50. The number of nitrogens with two attached hydrogens (primary N) is 1. The summed E-state index contributed by atoms with van der Waals surface area (Å²) in [4.78, 5) is 32.3. The first-order valence-electron chi connectivity index (χ1n) is 6.89. The van der Waals surface area contributed by atoms with Gasteiger partial charge in [0.15, 0.2) is 0 Å². The van der Waals surface area contributed by atoms with Crippen molar-refractivity contribution < 1.29 is 14.6 Å². The van der Waals surface area contributed by atoms with Crippen LogP contribution in [0.15, 0.2) is 18.2 Å². The quantitative estimate of drug-likeness (QED) is 0.637. The van der Waals surface area contributed by atoms with Crippen LogP contribution < -0.4 is 11.1 Å². The molecule has 1 aromatic rings. The maximum absolute atomic E-state index is 12.2. The summed E-state index contributed by atoms with van der Waals surface area (Å²) in [5.41, 5.74) is 4.83. The first-order chi connectivity index (χ1) is 10.4. The first kappa shape index (κ1) is 15.8. The zero-order chi connectivity index (χ0) is 16.3. The molecule has 1 saturated carbocycles. The molecular weight excluding hydrogens is 292 g/mol. The fourth-order valence-electron chi connectivity index (χ4n) is 2.53. The van der Waals surface area contributed by atoms with Crippen molar-refractivity contribution in [1.82, 2.24) is 5.32 Å². The second-order valence-corrected chi connectivity index (χ2v) is 5.28. The molecule has 2 rings (SSSR count). The fraction of sp³-hybridized carbons (Fsp3) is 0.462. The highest BCUT2D eigenvalue weighted by Gasteiger charge is 2.25. The van der Waals surface area contributed by atoms with Gasteiger partial charge in [0, 0.05) is 24.2 Å². The number of non-ortho nitro benzene ring substituents is 2. The van der Waals surface area contributed by atoms with Gasteiger partial charge in [-0.25, -0.2) is 0 Å². The Morgan fingerprint density at radius 3 is 2.14 bits per heavy atom. The van der Waals surface area contributed by atoms with E-state index in [9.17, 15) is 25.0 Å². The average molecular weight is 308 g/mol. The zero-order valence-corrected chi connectivity index (χ0v) is 11.7. The van der Waals surface area contributed by atoms with Crippen molar-refractivity contribution in [1.29, 1.82) is 0 Å². The van der Waals surface area contributed by atoms with Crippen LogP contribution in [0.5, 0.6) is 0 Å². The summed E-state index contributed by atoms with van der Waals surface area (Å²) in [5.74, 6) is -0.589. The summed E-state index contributed by atoms with van der Waals surface area (Å²) >= 11 is 0. The lowest BCUT2D eigenvalue weighted by Crippen LogP contribution is -2.49. The van der Waals surface area contributed by atoms with Crippen LogP contribution in [0.2, 0.25) is 0 Å². The van der Waals surface area contributed by atoms with Gasteiger partial charge < -0.3 is 11.1 Å². The summed E-state index contributed by atoms with van der Waals surface area (Å²) in [6, 6.07) is 2.47. The third kappa shape index (κ3) is 3.55. The molecule has 0 saturated heterocycles. The first-order valence-corrected chi connectivity index (χ1v) is 6.89. The smallest absolute Gasteiger partial charge is 0.277 e. The van der Waals surface area contributed by atoms with Crippen molar-refractivity contribution in [3.05, 3.63) is 44.0 Å². The number of hydrogen-bond donors (Lipinski definition) is 2. The molecule has 0 bridgehead atoms. The van der Waals surface area contributed by atoms with Crippen molar-refractivity contribution >= 4 is 17.3 Å². The predicted molar refractivity (Wildman–Crippen MR) is 77.4 cm³/mol. The van der Waals surface area contributed by atoms with E-state index in [0.717, 1.165) is 43.9 Å². The molecule has 0 aromatic heterocycles. The van der Waals surface area contributed by atoms with Crippen LogP contribution >= 0.6 is 0 Å². The van der Waals surface area contributed by atoms with Gasteiger partial charge in [-0.2, -0.15) is 0 Å². The molecule has 0 aliphatic heterocycles. The third-order valence-electron chi connectivity index (χ3n) is 3.72. The van der Waals surface area contributed by atoms with Gasteiger partial charge in [-0.1, -0.05) is 12.8 Å². The maximum Gasteiger partial charge on any atom is 0.277 e. The number of amides is 1. The van der Waals surface area contributed by atoms with Crippen molar-refractivity contribution in [3.8, 4) is 0 Å². The molecule has 118 valence electrons. The Morgan fingerprint density at radius 1 is 1.09 bits per heavy atom. The summed E-state index contributed by atoms with van der Waals surface area (Å²) < 4.78 is 0. The molecule has 1 amide bonds. The molecule has 0 radical (unpaired) electrons. The second kappa shape index (κ2) is 6.48. The van der Waals surface area contributed by atoms with Crippen molar-refractivity contribution in [2.24, 2.45) is 5.73 Å². The monoisotopic (exact) mass is 308 g/mol. The van der Waals surface area contributed by atoms with E-state index in [1.54, 1.807) is 0 Å². The zero-order valence-electron chi connectivity index (χ0n) is 11.7. The molecule has 2 atom stereocenters. The van der Waals surface area contributed by atoms with Gasteiger partial charge in [-0.15, -0.1) is 0 Å². The van der Waals surface area contributed by atoms with Gasteiger partial charge in [0.05, 0.1) is 21.5 Å². The van der Waals surface area contributed by atoms with Crippen LogP contribution in [0.4, 0.5) is 11.4 Å². The number of nitro groups is 2. The van der Waals surface area contributed by atoms with Crippen LogP contribution in [0, 0.1) is 20.2 Å². The van der Waals surface area contributed by atoms with Gasteiger partial charge in [0.2, 0.25) is 0 Å². The number of nitrogens with zero attached hydrogens (tertiary/aromatic N) is 2. The fourth-order valence-corrected chi connectivity index (χ4v) is 2.53. The van der Waals surface area contributed by atoms with Crippen molar-refractivity contribution in [2.45, 2.75) is 37.8 Å². The highest BCUT2D eigenvalue weighted by Crippen LogP contribution is 2.23. The van der Waals surface area contributed by atoms with Gasteiger partial charge in [-0.3, -0.25) is 25.0 Å². The topological polar surface area (TPSA) is 141 Å². The van der Waals surface area contributed by atoms with Gasteiger partial charge >= 0.3 is 0 Å². The van der Waals surface area contributed by atoms with E-state index in [4.69, 9.17) is 5.73 Å². The van der Waals surface area contributed by atoms with Gasteiger partial charge in [0.1, 0.15) is 0 Å². The number of hydrogen-bond acceptors (Lipinski definition) is 6. The number of benzene rings is 1. The number of nitro benzene ring substituents is 2. The molecule has 1 aliphatic carbocycles. The van der Waals surface area contributed by atoms with E-state index >= 15 is 0 Å². The van der Waals surface area contributed by atoms with Crippen LogP contribution in [0.3, 0.4) is 0 Å². The van der Waals surface area contributed by atoms with Gasteiger partial charge in [0.25, 0.3) is 17.3 Å². The van der Waals surface area contributed by atoms with E-state index in [1.165, 1.54) is 0 Å². The normalized spacial score (nSPS) is 21.1. The molecule has 1 aromatic carbocycles. The van der Waals surface area contributed by atoms with E-state index in [0.29, 0.717) is 0 Å². The SMILES string of the molecule is NC1CCCCC1NC(=O)c1cc([N+](=O)[O-])cc([N+](=O)[O-])c1. The summed E-state index contributed by atoms with van der Waals surface area (Å²) in [6.07, 6.45) is 3.45. The van der Waals surface area contributed by atoms with E-state index in [-0.39, 0.29) is 17.6 Å². The Bertz CT molecular complexity index is 586. The Kier molecular flexibility index (Phi) is 4.66. The number of carbonyl (C=O) groups is 1. The van der Waals surface area contributed by atoms with Crippen LogP contribution in [-0.4, -0.2) is 27.8 Å². The lowest BCUT2D eigenvalue weighted by Gasteiger charge is -2.29. The standard InChI is InChI=1S/C13H16N4O5/c14-11-3-1-2-4-12(11)15-13(18)8-5-9(16(19)20)7-10(6-8)17(21)22/h5-7,11-12H,1-4,14H2,(H,15,18). The molecule has 22 heavy (non-hydrogen) atoms. The Balaban J connectivity index is 2.24. The molecule has 0 heterocycles. The van der Waals surface area contributed by atoms with Crippen LogP contribution in [0.25, 0.3) is 0 Å². The summed E-state index contributed by atoms with van der Waals surface area (Å²) in [7, 11) is 0. The van der Waals surface area contributed by atoms with Crippen molar-refractivity contribution in [2.75, 3.05) is 0 Å². The van der Waals surface area contributed by atoms with E-state index in [1.807, 2.05) is 0 Å². The van der Waals surface area contributed by atoms with Crippen molar-refractivity contribution in [3.63, 3.8) is 0 Å². The molecular formula is C13H16N4O5. The lowest BCUT2D eigenvalue weighted by atomic mass is 9.91. The highest BCUT2D eigenvalue weighted by molar-refractivity contribution is 5.95. The Morgan fingerprint density at radius 2 is 1.64 bits per heavy atom. The molecule has 9 heteroatoms. The number of rotatable bonds is 4. The minimum atomic E-state index is -0.768.